The van der Waals surface area contributed by atoms with Crippen molar-refractivity contribution in [2.24, 2.45) is 0 Å². The lowest BCUT2D eigenvalue weighted by Gasteiger charge is -2.15. The van der Waals surface area contributed by atoms with E-state index in [4.69, 9.17) is 19.1 Å². The number of aliphatic carboxylic acids is 1. The number of hydrogen-bond donors (Lipinski definition) is 1. The van der Waals surface area contributed by atoms with Crippen molar-refractivity contribution in [3.63, 3.8) is 0 Å². The van der Waals surface area contributed by atoms with E-state index >= 15 is 0 Å². The van der Waals surface area contributed by atoms with E-state index in [9.17, 15) is 9.18 Å². The van der Waals surface area contributed by atoms with Gasteiger partial charge in [-0.3, -0.25) is 4.79 Å². The SMILES string of the molecule is O=C(O)Cn1nnc(-c2cc(O[C@@H]3C=C[C@@H](Oc4cc(F)ccc4Br)C3)no2)n1. The zero-order chi connectivity index (χ0) is 20.4. The van der Waals surface area contributed by atoms with Crippen LogP contribution in [0.1, 0.15) is 6.42 Å². The van der Waals surface area contributed by atoms with Gasteiger partial charge in [0.15, 0.2) is 6.54 Å². The minimum absolute atomic E-state index is 0.0905. The summed E-state index contributed by atoms with van der Waals surface area (Å²) in [6, 6.07) is 5.70. The lowest BCUT2D eigenvalue weighted by atomic mass is 10.2. The maximum atomic E-state index is 13.4. The van der Waals surface area contributed by atoms with Crippen LogP contribution in [0.3, 0.4) is 0 Å². The van der Waals surface area contributed by atoms with Gasteiger partial charge in [0.2, 0.25) is 11.6 Å². The third-order valence-corrected chi connectivity index (χ3v) is 4.54. The molecule has 2 atom stereocenters. The normalized spacial score (nSPS) is 18.1. The third kappa shape index (κ3) is 4.59. The molecule has 2 heterocycles. The molecule has 0 aliphatic heterocycles. The molecule has 0 spiro atoms. The van der Waals surface area contributed by atoms with Crippen LogP contribution in [-0.4, -0.2) is 48.6 Å². The van der Waals surface area contributed by atoms with E-state index in [0.29, 0.717) is 16.6 Å². The Morgan fingerprint density at radius 2 is 2.10 bits per heavy atom. The molecule has 1 aliphatic carbocycles. The van der Waals surface area contributed by atoms with Crippen LogP contribution in [0.5, 0.6) is 11.6 Å². The highest BCUT2D eigenvalue weighted by molar-refractivity contribution is 9.10. The average molecular weight is 466 g/mol. The summed E-state index contributed by atoms with van der Waals surface area (Å²) >= 11 is 3.33. The summed E-state index contributed by atoms with van der Waals surface area (Å²) in [4.78, 5) is 11.6. The van der Waals surface area contributed by atoms with Crippen LogP contribution in [0, 0.1) is 5.82 Å². The molecule has 3 aromatic rings. The van der Waals surface area contributed by atoms with Gasteiger partial charge in [-0.2, -0.15) is 4.80 Å². The number of rotatable bonds is 7. The Morgan fingerprint density at radius 1 is 1.31 bits per heavy atom. The van der Waals surface area contributed by atoms with Crippen molar-refractivity contribution < 1.29 is 28.3 Å². The van der Waals surface area contributed by atoms with Crippen LogP contribution in [0.15, 0.2) is 45.4 Å². The molecule has 1 aliphatic rings. The van der Waals surface area contributed by atoms with Gasteiger partial charge < -0.3 is 19.1 Å². The van der Waals surface area contributed by atoms with E-state index in [2.05, 4.69) is 36.5 Å². The molecule has 29 heavy (non-hydrogen) atoms. The van der Waals surface area contributed by atoms with Crippen LogP contribution in [-0.2, 0) is 11.3 Å². The number of aromatic nitrogens is 5. The molecule has 0 amide bonds. The maximum absolute atomic E-state index is 13.4. The molecule has 4 rings (SSSR count). The number of tetrazole rings is 1. The highest BCUT2D eigenvalue weighted by atomic mass is 79.9. The summed E-state index contributed by atoms with van der Waals surface area (Å²) in [5.74, 6) is -0.591. The molecule has 2 aromatic heterocycles. The average Bonchev–Trinajstić information content (AvgIpc) is 3.40. The van der Waals surface area contributed by atoms with Crippen molar-refractivity contribution in [1.29, 1.82) is 0 Å². The summed E-state index contributed by atoms with van der Waals surface area (Å²) in [6.45, 7) is -0.416. The Labute approximate surface area is 171 Å². The molecule has 1 N–H and O–H groups in total. The van der Waals surface area contributed by atoms with Gasteiger partial charge in [0.05, 0.1) is 10.5 Å². The van der Waals surface area contributed by atoms with Crippen LogP contribution in [0.25, 0.3) is 11.6 Å². The van der Waals surface area contributed by atoms with Crippen molar-refractivity contribution in [3.05, 3.63) is 46.7 Å². The van der Waals surface area contributed by atoms with Gasteiger partial charge in [-0.05, 0) is 50.6 Å². The fourth-order valence-electron chi connectivity index (χ4n) is 2.64. The maximum Gasteiger partial charge on any atom is 0.327 e. The molecular formula is C17H13BrFN5O5. The van der Waals surface area contributed by atoms with E-state index in [1.54, 1.807) is 6.07 Å². The topological polar surface area (TPSA) is 125 Å². The van der Waals surface area contributed by atoms with Crippen molar-refractivity contribution in [1.82, 2.24) is 25.4 Å². The Morgan fingerprint density at radius 3 is 2.90 bits per heavy atom. The number of benzene rings is 1. The predicted octanol–water partition coefficient (Wildman–Crippen LogP) is 2.47. The molecule has 12 heteroatoms. The summed E-state index contributed by atoms with van der Waals surface area (Å²) < 4.78 is 30.7. The van der Waals surface area contributed by atoms with Crippen LogP contribution >= 0.6 is 15.9 Å². The molecule has 0 saturated heterocycles. The number of carbonyl (C=O) groups is 1. The largest absolute Gasteiger partial charge is 0.485 e. The zero-order valence-corrected chi connectivity index (χ0v) is 16.2. The van der Waals surface area contributed by atoms with Crippen LogP contribution in [0.4, 0.5) is 4.39 Å². The molecule has 0 fully saturated rings. The van der Waals surface area contributed by atoms with Gasteiger partial charge in [-0.15, -0.1) is 10.2 Å². The highest BCUT2D eigenvalue weighted by Gasteiger charge is 2.24. The van der Waals surface area contributed by atoms with Gasteiger partial charge in [-0.1, -0.05) is 0 Å². The predicted molar refractivity (Wildman–Crippen MR) is 97.6 cm³/mol. The first kappa shape index (κ1) is 19.1. The molecule has 0 radical (unpaired) electrons. The molecule has 150 valence electrons. The van der Waals surface area contributed by atoms with Crippen molar-refractivity contribution >= 4 is 21.9 Å². The van der Waals surface area contributed by atoms with E-state index in [0.717, 1.165) is 4.80 Å². The number of nitrogens with zero attached hydrogens (tertiary/aromatic N) is 5. The van der Waals surface area contributed by atoms with Crippen LogP contribution in [0.2, 0.25) is 0 Å². The van der Waals surface area contributed by atoms with E-state index in [1.807, 2.05) is 12.2 Å². The zero-order valence-electron chi connectivity index (χ0n) is 14.6. The standard InChI is InChI=1S/C17H13BrFN5O5/c18-12-4-1-9(19)5-13(12)27-10-2-3-11(6-10)28-15-7-14(29-22-15)17-20-23-24(21-17)8-16(25)26/h1-5,7,10-11H,6,8H2,(H,25,26)/t10-,11-/m1/s1. The number of halogens is 2. The van der Waals surface area contributed by atoms with Crippen molar-refractivity contribution in [2.45, 2.75) is 25.2 Å². The minimum atomic E-state index is -1.09. The quantitative estimate of drug-likeness (QED) is 0.523. The Bertz CT molecular complexity index is 1070. The van der Waals surface area contributed by atoms with Crippen molar-refractivity contribution in [3.8, 4) is 23.2 Å². The minimum Gasteiger partial charge on any atom is -0.485 e. The fourth-order valence-corrected chi connectivity index (χ4v) is 2.98. The molecule has 0 unspecified atom stereocenters. The fraction of sp³-hybridized carbons (Fsp3) is 0.235. The summed E-state index contributed by atoms with van der Waals surface area (Å²) in [7, 11) is 0. The Balaban J connectivity index is 1.35. The van der Waals surface area contributed by atoms with Crippen molar-refractivity contribution in [2.75, 3.05) is 0 Å². The smallest absolute Gasteiger partial charge is 0.327 e. The first-order valence-corrected chi connectivity index (χ1v) is 9.19. The highest BCUT2D eigenvalue weighted by Crippen LogP contribution is 2.30. The Kier molecular flexibility index (Phi) is 5.25. The third-order valence-electron chi connectivity index (χ3n) is 3.89. The second kappa shape index (κ2) is 7.99. The summed E-state index contributed by atoms with van der Waals surface area (Å²) in [5, 5.41) is 23.8. The monoisotopic (exact) mass is 465 g/mol. The van der Waals surface area contributed by atoms with Gasteiger partial charge in [0.1, 0.15) is 23.8 Å². The summed E-state index contributed by atoms with van der Waals surface area (Å²) in [6.07, 6.45) is 3.52. The molecule has 0 bridgehead atoms. The lowest BCUT2D eigenvalue weighted by Crippen LogP contribution is -2.18. The lowest BCUT2D eigenvalue weighted by molar-refractivity contribution is -0.138. The van der Waals surface area contributed by atoms with E-state index < -0.39 is 12.5 Å². The van der Waals surface area contributed by atoms with Gasteiger partial charge in [0, 0.05) is 12.5 Å². The molecule has 1 aromatic carbocycles. The number of hydrogen-bond acceptors (Lipinski definition) is 8. The molecule has 10 nitrogen and oxygen atoms in total. The second-order valence-corrected chi connectivity index (χ2v) is 6.93. The van der Waals surface area contributed by atoms with Gasteiger partial charge >= 0.3 is 5.97 Å². The summed E-state index contributed by atoms with van der Waals surface area (Å²) in [5.41, 5.74) is 0. The van der Waals surface area contributed by atoms with E-state index in [1.165, 1.54) is 18.2 Å². The number of ether oxygens (including phenoxy) is 2. The Hall–Kier alpha value is -3.28. The number of carboxylic acids is 1. The first-order valence-electron chi connectivity index (χ1n) is 8.39. The molecular weight excluding hydrogens is 453 g/mol. The number of carboxylic acid groups (broad SMARTS) is 1. The second-order valence-electron chi connectivity index (χ2n) is 6.07. The molecule has 0 saturated carbocycles. The first-order chi connectivity index (χ1) is 14.0. The van der Waals surface area contributed by atoms with Gasteiger partial charge in [-0.25, -0.2) is 4.39 Å². The van der Waals surface area contributed by atoms with E-state index in [-0.39, 0.29) is 35.5 Å². The van der Waals surface area contributed by atoms with Crippen LogP contribution < -0.4 is 9.47 Å². The van der Waals surface area contributed by atoms with Gasteiger partial charge in [0.25, 0.3) is 5.88 Å².